The van der Waals surface area contributed by atoms with Crippen LogP contribution in [0.4, 0.5) is 0 Å². The summed E-state index contributed by atoms with van der Waals surface area (Å²) in [6.45, 7) is 4.62. The van der Waals surface area contributed by atoms with Gasteiger partial charge >= 0.3 is 0 Å². The second kappa shape index (κ2) is 7.65. The lowest BCUT2D eigenvalue weighted by Gasteiger charge is -2.14. The van der Waals surface area contributed by atoms with Crippen LogP contribution in [0.15, 0.2) is 66.9 Å². The van der Waals surface area contributed by atoms with Crippen LogP contribution in [0, 0.1) is 6.92 Å². The molecule has 1 nitrogen and oxygen atoms in total. The monoisotopic (exact) mass is 335 g/mol. The minimum Gasteiger partial charge on any atom is -0.200 e. The summed E-state index contributed by atoms with van der Waals surface area (Å²) in [6, 6.07) is 19.3. The van der Waals surface area contributed by atoms with E-state index >= 15 is 0 Å². The summed E-state index contributed by atoms with van der Waals surface area (Å²) in [4.78, 5) is 0. The van der Waals surface area contributed by atoms with E-state index < -0.39 is 18.6 Å². The van der Waals surface area contributed by atoms with Gasteiger partial charge in [-0.15, -0.1) is 0 Å². The van der Waals surface area contributed by atoms with Crippen molar-refractivity contribution in [3.05, 3.63) is 78.0 Å². The second-order valence-corrected chi connectivity index (χ2v) is 6.18. The van der Waals surface area contributed by atoms with Crippen molar-refractivity contribution in [1.29, 1.82) is 0 Å². The van der Waals surface area contributed by atoms with E-state index in [9.17, 15) is 0 Å². The molecule has 0 N–H and O–H groups in total. The van der Waals surface area contributed by atoms with Crippen LogP contribution in [0.2, 0.25) is 0 Å². The van der Waals surface area contributed by atoms with Gasteiger partial charge in [0, 0.05) is 24.0 Å². The molecule has 0 radical (unpaired) electrons. The summed E-state index contributed by atoms with van der Waals surface area (Å²) >= 11 is 0. The van der Waals surface area contributed by atoms with E-state index in [0.29, 0.717) is 5.56 Å². The largest absolute Gasteiger partial charge is 0.212 e. The standard InChI is InChI=1S/C24H28N/c1-5-19(6-2)20-11-9-12-21(16-20)22-14-15-24(25(4)17-22)23-13-8-7-10-18(23)3/h7-17,19H,5-6H2,1-4H3/q+1/i5D2,6D2,19D. The van der Waals surface area contributed by atoms with E-state index in [-0.39, 0.29) is 0 Å². The van der Waals surface area contributed by atoms with Crippen LogP contribution in [0.1, 0.15) is 50.5 Å². The highest BCUT2D eigenvalue weighted by Crippen LogP contribution is 2.28. The summed E-state index contributed by atoms with van der Waals surface area (Å²) < 4.78 is 43.5. The van der Waals surface area contributed by atoms with Gasteiger partial charge < -0.3 is 0 Å². The molecular formula is C24H28N+. The Morgan fingerprint density at radius 2 is 1.72 bits per heavy atom. The molecular weight excluding hydrogens is 302 g/mol. The second-order valence-electron chi connectivity index (χ2n) is 6.18. The summed E-state index contributed by atoms with van der Waals surface area (Å²) in [6.07, 6.45) is -2.12. The van der Waals surface area contributed by atoms with Crippen LogP contribution in [0.5, 0.6) is 0 Å². The fourth-order valence-corrected chi connectivity index (χ4v) is 3.19. The predicted molar refractivity (Wildman–Crippen MR) is 107 cm³/mol. The quantitative estimate of drug-likeness (QED) is 0.499. The van der Waals surface area contributed by atoms with Crippen molar-refractivity contribution in [3.8, 4) is 22.4 Å². The molecule has 1 heterocycles. The molecule has 128 valence electrons. The molecule has 25 heavy (non-hydrogen) atoms. The summed E-state index contributed by atoms with van der Waals surface area (Å²) in [5.41, 5.74) is 5.50. The zero-order valence-corrected chi connectivity index (χ0v) is 15.3. The van der Waals surface area contributed by atoms with Gasteiger partial charge in [0.05, 0.1) is 0 Å². The van der Waals surface area contributed by atoms with E-state index in [4.69, 9.17) is 6.85 Å². The zero-order valence-electron chi connectivity index (χ0n) is 20.3. The molecule has 1 heteroatoms. The Labute approximate surface area is 159 Å². The minimum absolute atomic E-state index is 0.325. The maximum Gasteiger partial charge on any atom is 0.212 e. The summed E-state index contributed by atoms with van der Waals surface area (Å²) in [5, 5.41) is 0. The van der Waals surface area contributed by atoms with Gasteiger partial charge in [-0.25, -0.2) is 4.57 Å². The predicted octanol–water partition coefficient (Wildman–Crippen LogP) is 6.06. The first-order valence-corrected chi connectivity index (χ1v) is 8.53. The lowest BCUT2D eigenvalue weighted by molar-refractivity contribution is -0.659. The van der Waals surface area contributed by atoms with Crippen LogP contribution in [0.25, 0.3) is 22.4 Å². The Morgan fingerprint density at radius 1 is 0.960 bits per heavy atom. The third-order valence-electron chi connectivity index (χ3n) is 4.54. The van der Waals surface area contributed by atoms with Crippen LogP contribution >= 0.6 is 0 Å². The average molecular weight is 336 g/mol. The van der Waals surface area contributed by atoms with Crippen molar-refractivity contribution >= 4 is 0 Å². The molecule has 0 aliphatic carbocycles. The third-order valence-corrected chi connectivity index (χ3v) is 4.54. The van der Waals surface area contributed by atoms with Crippen molar-refractivity contribution in [2.45, 2.75) is 39.4 Å². The average Bonchev–Trinajstić information content (AvgIpc) is 2.66. The van der Waals surface area contributed by atoms with Crippen molar-refractivity contribution in [3.63, 3.8) is 0 Å². The Kier molecular flexibility index (Phi) is 3.68. The first kappa shape index (κ1) is 12.0. The van der Waals surface area contributed by atoms with Gasteiger partial charge in [-0.05, 0) is 54.4 Å². The van der Waals surface area contributed by atoms with E-state index in [1.54, 1.807) is 18.2 Å². The van der Waals surface area contributed by atoms with Gasteiger partial charge in [0.2, 0.25) is 5.69 Å². The van der Waals surface area contributed by atoms with E-state index in [0.717, 1.165) is 22.4 Å². The molecule has 0 unspecified atom stereocenters. The number of hydrogen-bond donors (Lipinski definition) is 0. The number of aromatic nitrogens is 1. The zero-order chi connectivity index (χ0) is 22.3. The molecule has 1 aromatic heterocycles. The molecule has 0 bridgehead atoms. The molecule has 3 aromatic rings. The molecule has 0 saturated heterocycles. The van der Waals surface area contributed by atoms with Crippen molar-refractivity contribution < 1.29 is 11.4 Å². The van der Waals surface area contributed by atoms with Crippen molar-refractivity contribution in [1.82, 2.24) is 0 Å². The lowest BCUT2D eigenvalue weighted by atomic mass is 9.91. The normalized spacial score (nSPS) is 15.6. The van der Waals surface area contributed by atoms with Gasteiger partial charge in [0.1, 0.15) is 7.05 Å². The van der Waals surface area contributed by atoms with Gasteiger partial charge in [0.15, 0.2) is 6.20 Å². The van der Waals surface area contributed by atoms with Crippen molar-refractivity contribution in [2.75, 3.05) is 0 Å². The lowest BCUT2D eigenvalue weighted by Crippen LogP contribution is -2.30. The topological polar surface area (TPSA) is 3.88 Å². The highest BCUT2D eigenvalue weighted by atomic mass is 14.9. The number of pyridine rings is 1. The van der Waals surface area contributed by atoms with Crippen molar-refractivity contribution in [2.24, 2.45) is 7.05 Å². The number of aryl methyl sites for hydroxylation is 2. The first-order valence-electron chi connectivity index (χ1n) is 11.0. The molecule has 0 aliphatic heterocycles. The Hall–Kier alpha value is -2.41. The van der Waals surface area contributed by atoms with Crippen LogP contribution < -0.4 is 4.57 Å². The van der Waals surface area contributed by atoms with Gasteiger partial charge in [-0.2, -0.15) is 0 Å². The SMILES string of the molecule is [2H]C([2H])(C)C([2H])(c1cccc(-c2ccc(-c3ccccc3C)[n+](C)c2)c1)C([2H])([2H])C. The Balaban J connectivity index is 2.09. The number of nitrogens with zero attached hydrogens (tertiary/aromatic N) is 1. The molecule has 0 saturated carbocycles. The number of rotatable bonds is 5. The third kappa shape index (κ3) is 3.66. The highest BCUT2D eigenvalue weighted by Gasteiger charge is 2.14. The molecule has 2 aromatic carbocycles. The number of hydrogen-bond acceptors (Lipinski definition) is 0. The smallest absolute Gasteiger partial charge is 0.200 e. The Morgan fingerprint density at radius 3 is 2.40 bits per heavy atom. The summed E-state index contributed by atoms with van der Waals surface area (Å²) in [7, 11) is 1.99. The molecule has 3 rings (SSSR count). The van der Waals surface area contributed by atoms with Gasteiger partial charge in [0.25, 0.3) is 0 Å². The van der Waals surface area contributed by atoms with Crippen LogP contribution in [-0.2, 0) is 7.05 Å². The summed E-state index contributed by atoms with van der Waals surface area (Å²) in [5.74, 6) is -2.04. The van der Waals surface area contributed by atoms with Gasteiger partial charge in [-0.1, -0.05) is 56.3 Å². The highest BCUT2D eigenvalue weighted by molar-refractivity contribution is 5.66. The van der Waals surface area contributed by atoms with Crippen LogP contribution in [-0.4, -0.2) is 0 Å². The molecule has 0 aliphatic rings. The fourth-order valence-electron chi connectivity index (χ4n) is 3.19. The Bertz CT molecular complexity index is 1050. The first-order chi connectivity index (χ1) is 13.9. The minimum atomic E-state index is -2.07. The molecule has 0 spiro atoms. The molecule has 0 amide bonds. The maximum atomic E-state index is 8.78. The van der Waals surface area contributed by atoms with E-state index in [1.807, 2.05) is 37.5 Å². The van der Waals surface area contributed by atoms with Gasteiger partial charge in [-0.3, -0.25) is 0 Å². The maximum absolute atomic E-state index is 8.78. The fraction of sp³-hybridized carbons (Fsp3) is 0.292. The van der Waals surface area contributed by atoms with E-state index in [2.05, 4.69) is 29.7 Å². The molecule has 0 fully saturated rings. The number of benzene rings is 2. The molecule has 0 atom stereocenters. The van der Waals surface area contributed by atoms with Crippen LogP contribution in [0.3, 0.4) is 0 Å². The van der Waals surface area contributed by atoms with E-state index in [1.165, 1.54) is 19.4 Å².